The molecule has 1 spiro atoms. The minimum absolute atomic E-state index is 0.0429. The van der Waals surface area contributed by atoms with E-state index in [0.29, 0.717) is 36.4 Å². The van der Waals surface area contributed by atoms with E-state index in [4.69, 9.17) is 21.1 Å². The number of hydrogen-bond acceptors (Lipinski definition) is 7. The molecule has 3 fully saturated rings. The van der Waals surface area contributed by atoms with Crippen LogP contribution in [-0.4, -0.2) is 72.2 Å². The van der Waals surface area contributed by atoms with Crippen molar-refractivity contribution in [3.8, 4) is 11.4 Å². The third kappa shape index (κ3) is 3.76. The third-order valence-corrected chi connectivity index (χ3v) is 8.32. The number of rotatable bonds is 4. The molecule has 3 aromatic rings. The standard InChI is InChI=1S/C26H27ClF2N6O2/c1-36-23-8-22(19(28)7-20(23)29)33-12-26(13-33)14-34(15-26)25-31-30-24-10-32(18-4-5-37-11-18)9-16-6-17(27)2-3-21(16)35(24)25/h2-3,6-8,18H,4-5,9-15H2,1H3/t18-/m1/s1. The monoisotopic (exact) mass is 528 g/mol. The van der Waals surface area contributed by atoms with Crippen LogP contribution in [-0.2, 0) is 17.8 Å². The first kappa shape index (κ1) is 23.2. The quantitative estimate of drug-likeness (QED) is 0.512. The second kappa shape index (κ2) is 8.54. The summed E-state index contributed by atoms with van der Waals surface area (Å²) < 4.78 is 41.2. The van der Waals surface area contributed by atoms with Gasteiger partial charge in [-0.15, -0.1) is 10.2 Å². The Balaban J connectivity index is 1.12. The minimum Gasteiger partial charge on any atom is -0.494 e. The zero-order valence-electron chi connectivity index (χ0n) is 20.5. The zero-order chi connectivity index (χ0) is 25.3. The predicted molar refractivity (Wildman–Crippen MR) is 135 cm³/mol. The van der Waals surface area contributed by atoms with Crippen molar-refractivity contribution in [3.63, 3.8) is 0 Å². The van der Waals surface area contributed by atoms with Crippen LogP contribution in [0.3, 0.4) is 0 Å². The van der Waals surface area contributed by atoms with E-state index in [0.717, 1.165) is 68.4 Å². The van der Waals surface area contributed by atoms with Gasteiger partial charge >= 0.3 is 0 Å². The van der Waals surface area contributed by atoms with E-state index in [9.17, 15) is 8.78 Å². The Morgan fingerprint density at radius 2 is 1.81 bits per heavy atom. The topological polar surface area (TPSA) is 58.9 Å². The lowest BCUT2D eigenvalue weighted by Crippen LogP contribution is -2.73. The van der Waals surface area contributed by atoms with Crippen molar-refractivity contribution in [1.82, 2.24) is 19.7 Å². The molecular weight excluding hydrogens is 502 g/mol. The molecule has 4 aliphatic heterocycles. The molecule has 0 unspecified atom stereocenters. The summed E-state index contributed by atoms with van der Waals surface area (Å²) in [6, 6.07) is 8.67. The van der Waals surface area contributed by atoms with Crippen molar-refractivity contribution in [1.29, 1.82) is 0 Å². The van der Waals surface area contributed by atoms with E-state index in [-0.39, 0.29) is 11.2 Å². The Hall–Kier alpha value is -2.95. The van der Waals surface area contributed by atoms with Gasteiger partial charge in [-0.3, -0.25) is 9.47 Å². The highest BCUT2D eigenvalue weighted by atomic mass is 35.5. The molecular formula is C26H27ClF2N6O2. The van der Waals surface area contributed by atoms with Crippen LogP contribution in [0.2, 0.25) is 5.02 Å². The molecule has 0 saturated carbocycles. The van der Waals surface area contributed by atoms with Gasteiger partial charge in [-0.05, 0) is 30.2 Å². The van der Waals surface area contributed by atoms with Gasteiger partial charge in [0, 0.05) is 67.9 Å². The molecule has 37 heavy (non-hydrogen) atoms. The summed E-state index contributed by atoms with van der Waals surface area (Å²) in [7, 11) is 1.38. The molecule has 0 N–H and O–H groups in total. The maximum absolute atomic E-state index is 14.5. The second-order valence-electron chi connectivity index (χ2n) is 10.6. The van der Waals surface area contributed by atoms with Gasteiger partial charge in [-0.2, -0.15) is 0 Å². The molecule has 0 amide bonds. The van der Waals surface area contributed by atoms with E-state index >= 15 is 0 Å². The third-order valence-electron chi connectivity index (χ3n) is 8.09. The van der Waals surface area contributed by atoms with Crippen LogP contribution in [0.25, 0.3) is 5.69 Å². The van der Waals surface area contributed by atoms with Crippen molar-refractivity contribution >= 4 is 23.2 Å². The maximum Gasteiger partial charge on any atom is 0.231 e. The first-order chi connectivity index (χ1) is 17.9. The van der Waals surface area contributed by atoms with E-state index in [1.807, 2.05) is 23.1 Å². The fourth-order valence-corrected chi connectivity index (χ4v) is 6.44. The van der Waals surface area contributed by atoms with Gasteiger partial charge in [0.15, 0.2) is 17.4 Å². The van der Waals surface area contributed by atoms with Crippen LogP contribution < -0.4 is 14.5 Å². The van der Waals surface area contributed by atoms with Crippen LogP contribution in [0.4, 0.5) is 20.4 Å². The smallest absolute Gasteiger partial charge is 0.231 e. The Labute approximate surface area is 218 Å². The number of aromatic nitrogens is 3. The number of nitrogens with zero attached hydrogens (tertiary/aromatic N) is 6. The van der Waals surface area contributed by atoms with Gasteiger partial charge in [-0.25, -0.2) is 8.78 Å². The number of halogens is 3. The molecule has 194 valence electrons. The lowest BCUT2D eigenvalue weighted by Gasteiger charge is -2.61. The lowest BCUT2D eigenvalue weighted by molar-refractivity contribution is 0.133. The summed E-state index contributed by atoms with van der Waals surface area (Å²) in [5.74, 6) is 0.513. The number of benzene rings is 2. The van der Waals surface area contributed by atoms with Crippen molar-refractivity contribution in [2.45, 2.75) is 25.6 Å². The van der Waals surface area contributed by atoms with Crippen LogP contribution in [0.5, 0.6) is 5.75 Å². The summed E-state index contributed by atoms with van der Waals surface area (Å²) in [4.78, 5) is 6.59. The van der Waals surface area contributed by atoms with Crippen molar-refractivity contribution < 1.29 is 18.3 Å². The maximum atomic E-state index is 14.5. The van der Waals surface area contributed by atoms with E-state index < -0.39 is 11.6 Å². The first-order valence-corrected chi connectivity index (χ1v) is 12.9. The largest absolute Gasteiger partial charge is 0.494 e. The summed E-state index contributed by atoms with van der Waals surface area (Å²) in [6.07, 6.45) is 1.00. The Morgan fingerprint density at radius 1 is 1.00 bits per heavy atom. The minimum atomic E-state index is -0.693. The summed E-state index contributed by atoms with van der Waals surface area (Å²) >= 11 is 6.39. The molecule has 5 heterocycles. The second-order valence-corrected chi connectivity index (χ2v) is 11.0. The van der Waals surface area contributed by atoms with Gasteiger partial charge in [0.1, 0.15) is 5.82 Å². The van der Waals surface area contributed by atoms with Gasteiger partial charge in [0.25, 0.3) is 0 Å². The number of methoxy groups -OCH3 is 1. The molecule has 4 aliphatic rings. The first-order valence-electron chi connectivity index (χ1n) is 12.5. The number of hydrogen-bond donors (Lipinski definition) is 0. The lowest BCUT2D eigenvalue weighted by atomic mass is 9.72. The molecule has 11 heteroatoms. The summed E-state index contributed by atoms with van der Waals surface area (Å²) in [6.45, 7) is 5.95. The average molecular weight is 529 g/mol. The molecule has 8 nitrogen and oxygen atoms in total. The van der Waals surface area contributed by atoms with Crippen LogP contribution >= 0.6 is 11.6 Å². The van der Waals surface area contributed by atoms with Gasteiger partial charge in [-0.1, -0.05) is 11.6 Å². The zero-order valence-corrected chi connectivity index (χ0v) is 21.2. The van der Waals surface area contributed by atoms with Gasteiger partial charge in [0.2, 0.25) is 5.95 Å². The Morgan fingerprint density at radius 3 is 2.57 bits per heavy atom. The SMILES string of the molecule is COc1cc(N2CC3(C2)CN(c2nnc4n2-c2ccc(Cl)cc2CN([C@@H]2CCOC2)C4)C3)c(F)cc1F. The molecule has 7 rings (SSSR count). The van der Waals surface area contributed by atoms with E-state index in [1.54, 1.807) is 0 Å². The molecule has 0 radical (unpaired) electrons. The van der Waals surface area contributed by atoms with Crippen molar-refractivity contribution in [3.05, 3.63) is 58.4 Å². The number of fused-ring (bicyclic) bond motifs is 3. The van der Waals surface area contributed by atoms with E-state index in [1.165, 1.54) is 13.2 Å². The molecule has 3 saturated heterocycles. The van der Waals surface area contributed by atoms with Crippen LogP contribution in [0.15, 0.2) is 30.3 Å². The van der Waals surface area contributed by atoms with Crippen molar-refractivity contribution in [2.24, 2.45) is 5.41 Å². The predicted octanol–water partition coefficient (Wildman–Crippen LogP) is 3.64. The van der Waals surface area contributed by atoms with Crippen LogP contribution in [0, 0.1) is 17.0 Å². The van der Waals surface area contributed by atoms with Gasteiger partial charge in [0.05, 0.1) is 31.6 Å². The number of ether oxygens (including phenoxy) is 2. The molecule has 1 aromatic heterocycles. The fraction of sp³-hybridized carbons (Fsp3) is 0.462. The molecule has 0 aliphatic carbocycles. The Bertz CT molecular complexity index is 1360. The molecule has 2 aromatic carbocycles. The Kier molecular flexibility index (Phi) is 5.35. The molecule has 1 atom stereocenters. The van der Waals surface area contributed by atoms with E-state index in [2.05, 4.69) is 24.6 Å². The highest BCUT2D eigenvalue weighted by molar-refractivity contribution is 6.30. The molecule has 0 bridgehead atoms. The number of anilines is 2. The normalized spacial score (nSPS) is 22.3. The highest BCUT2D eigenvalue weighted by Gasteiger charge is 2.53. The highest BCUT2D eigenvalue weighted by Crippen LogP contribution is 2.45. The fourth-order valence-electron chi connectivity index (χ4n) is 6.24. The summed E-state index contributed by atoms with van der Waals surface area (Å²) in [5, 5.41) is 9.92. The summed E-state index contributed by atoms with van der Waals surface area (Å²) in [5.41, 5.74) is 2.62. The average Bonchev–Trinajstić information content (AvgIpc) is 3.46. The van der Waals surface area contributed by atoms with Crippen LogP contribution in [0.1, 0.15) is 17.8 Å². The van der Waals surface area contributed by atoms with Gasteiger partial charge < -0.3 is 19.3 Å². The van der Waals surface area contributed by atoms with Crippen molar-refractivity contribution in [2.75, 3.05) is 56.3 Å².